The van der Waals surface area contributed by atoms with Gasteiger partial charge in [-0.3, -0.25) is 0 Å². The third-order valence-corrected chi connectivity index (χ3v) is 4.41. The molecule has 1 unspecified atom stereocenters. The SMILES string of the molecule is CC(C)C(CN(C)C)NS(=O)(=O)Cc1ccc(N)cc1. The predicted molar refractivity (Wildman–Crippen MR) is 83.8 cm³/mol. The molecule has 1 aromatic rings. The molecule has 0 fully saturated rings. The monoisotopic (exact) mass is 299 g/mol. The Morgan fingerprint density at radius 2 is 1.75 bits per heavy atom. The summed E-state index contributed by atoms with van der Waals surface area (Å²) in [5.74, 6) is 0.211. The van der Waals surface area contributed by atoms with E-state index >= 15 is 0 Å². The van der Waals surface area contributed by atoms with Gasteiger partial charge >= 0.3 is 0 Å². The van der Waals surface area contributed by atoms with E-state index in [9.17, 15) is 8.42 Å². The number of hydrogen-bond acceptors (Lipinski definition) is 4. The molecule has 1 rings (SSSR count). The third-order valence-electron chi connectivity index (χ3n) is 3.03. The van der Waals surface area contributed by atoms with Crippen LogP contribution in [0, 0.1) is 5.92 Å². The van der Waals surface area contributed by atoms with Crippen molar-refractivity contribution in [2.45, 2.75) is 25.6 Å². The lowest BCUT2D eigenvalue weighted by atomic mass is 10.1. The van der Waals surface area contributed by atoms with E-state index in [1.165, 1.54) is 0 Å². The number of nitrogen functional groups attached to an aromatic ring is 1. The van der Waals surface area contributed by atoms with E-state index < -0.39 is 10.0 Å². The van der Waals surface area contributed by atoms with Crippen LogP contribution in [0.1, 0.15) is 19.4 Å². The van der Waals surface area contributed by atoms with Crippen LogP contribution in [0.15, 0.2) is 24.3 Å². The van der Waals surface area contributed by atoms with Crippen molar-refractivity contribution < 1.29 is 8.42 Å². The molecule has 0 aromatic heterocycles. The molecule has 0 saturated carbocycles. The standard InChI is InChI=1S/C14H25N3O2S/c1-11(2)14(9-17(3)4)16-20(18,19)10-12-5-7-13(15)8-6-12/h5-8,11,14,16H,9-10,15H2,1-4H3. The third kappa shape index (κ3) is 5.90. The Kier molecular flexibility index (Phi) is 5.98. The summed E-state index contributed by atoms with van der Waals surface area (Å²) in [6.45, 7) is 4.71. The fourth-order valence-electron chi connectivity index (χ4n) is 1.88. The van der Waals surface area contributed by atoms with Crippen molar-refractivity contribution in [1.82, 2.24) is 9.62 Å². The molecule has 5 nitrogen and oxygen atoms in total. The van der Waals surface area contributed by atoms with E-state index in [4.69, 9.17) is 5.73 Å². The quantitative estimate of drug-likeness (QED) is 0.744. The van der Waals surface area contributed by atoms with Crippen molar-refractivity contribution in [1.29, 1.82) is 0 Å². The molecule has 0 aliphatic carbocycles. The maximum atomic E-state index is 12.2. The van der Waals surface area contributed by atoms with Crippen LogP contribution in [0.2, 0.25) is 0 Å². The zero-order chi connectivity index (χ0) is 15.3. The molecule has 0 spiro atoms. The molecule has 0 bridgehead atoms. The zero-order valence-electron chi connectivity index (χ0n) is 12.6. The Morgan fingerprint density at radius 3 is 2.20 bits per heavy atom. The topological polar surface area (TPSA) is 75.4 Å². The summed E-state index contributed by atoms with van der Waals surface area (Å²) in [5, 5.41) is 0. The van der Waals surface area contributed by atoms with E-state index in [0.717, 1.165) is 5.56 Å². The van der Waals surface area contributed by atoms with E-state index in [2.05, 4.69) is 4.72 Å². The number of likely N-dealkylation sites (N-methyl/N-ethyl adjacent to an activating group) is 1. The molecule has 0 saturated heterocycles. The lowest BCUT2D eigenvalue weighted by Crippen LogP contribution is -2.45. The normalized spacial score (nSPS) is 13.9. The molecule has 0 aliphatic rings. The predicted octanol–water partition coefficient (Wildman–Crippen LogP) is 1.27. The Bertz CT molecular complexity index is 510. The summed E-state index contributed by atoms with van der Waals surface area (Å²) < 4.78 is 27.2. The second kappa shape index (κ2) is 7.06. The Balaban J connectivity index is 2.74. The summed E-state index contributed by atoms with van der Waals surface area (Å²) in [7, 11) is 0.514. The van der Waals surface area contributed by atoms with Crippen molar-refractivity contribution >= 4 is 15.7 Å². The number of sulfonamides is 1. The molecular weight excluding hydrogens is 274 g/mol. The highest BCUT2D eigenvalue weighted by molar-refractivity contribution is 7.88. The van der Waals surface area contributed by atoms with Gasteiger partial charge in [0.25, 0.3) is 0 Å². The molecule has 1 atom stereocenters. The molecule has 3 N–H and O–H groups in total. The minimum Gasteiger partial charge on any atom is -0.399 e. The molecule has 0 aliphatic heterocycles. The van der Waals surface area contributed by atoms with Crippen molar-refractivity contribution in [2.24, 2.45) is 5.92 Å². The highest BCUT2D eigenvalue weighted by atomic mass is 32.2. The molecule has 0 heterocycles. The first kappa shape index (κ1) is 16.9. The summed E-state index contributed by atoms with van der Waals surface area (Å²) in [6, 6.07) is 6.81. The number of rotatable bonds is 7. The van der Waals surface area contributed by atoms with Gasteiger partial charge in [0.2, 0.25) is 10.0 Å². The average molecular weight is 299 g/mol. The van der Waals surface area contributed by atoms with Crippen LogP contribution in [0.3, 0.4) is 0 Å². The largest absolute Gasteiger partial charge is 0.399 e. The Labute approximate surface area is 122 Å². The zero-order valence-corrected chi connectivity index (χ0v) is 13.4. The number of hydrogen-bond donors (Lipinski definition) is 2. The minimum atomic E-state index is -3.35. The smallest absolute Gasteiger partial charge is 0.216 e. The first-order valence-electron chi connectivity index (χ1n) is 6.69. The lowest BCUT2D eigenvalue weighted by Gasteiger charge is -2.25. The fourth-order valence-corrected chi connectivity index (χ4v) is 3.41. The van der Waals surface area contributed by atoms with Gasteiger partial charge in [0, 0.05) is 18.3 Å². The van der Waals surface area contributed by atoms with Crippen LogP contribution in [0.4, 0.5) is 5.69 Å². The minimum absolute atomic E-state index is 0.0239. The van der Waals surface area contributed by atoms with Crippen LogP contribution in [0.5, 0.6) is 0 Å². The van der Waals surface area contributed by atoms with Crippen LogP contribution >= 0.6 is 0 Å². The summed E-state index contributed by atoms with van der Waals surface area (Å²) >= 11 is 0. The van der Waals surface area contributed by atoms with Crippen LogP contribution in [0.25, 0.3) is 0 Å². The van der Waals surface area contributed by atoms with Gasteiger partial charge in [0.05, 0.1) is 5.75 Å². The Hall–Kier alpha value is -1.11. The highest BCUT2D eigenvalue weighted by Gasteiger charge is 2.21. The van der Waals surface area contributed by atoms with E-state index in [1.807, 2.05) is 32.8 Å². The molecule has 1 aromatic carbocycles. The maximum Gasteiger partial charge on any atom is 0.216 e. The van der Waals surface area contributed by atoms with Gasteiger partial charge in [0.15, 0.2) is 0 Å². The summed E-state index contributed by atoms with van der Waals surface area (Å²) in [4.78, 5) is 1.98. The summed E-state index contributed by atoms with van der Waals surface area (Å²) in [6.07, 6.45) is 0. The first-order chi connectivity index (χ1) is 9.19. The molecule has 20 heavy (non-hydrogen) atoms. The molecule has 6 heteroatoms. The molecule has 114 valence electrons. The first-order valence-corrected chi connectivity index (χ1v) is 8.34. The van der Waals surface area contributed by atoms with E-state index in [0.29, 0.717) is 12.2 Å². The van der Waals surface area contributed by atoms with Crippen LogP contribution in [-0.2, 0) is 15.8 Å². The average Bonchev–Trinajstić information content (AvgIpc) is 2.30. The van der Waals surface area contributed by atoms with Gasteiger partial charge in [-0.15, -0.1) is 0 Å². The van der Waals surface area contributed by atoms with Crippen molar-refractivity contribution in [2.75, 3.05) is 26.4 Å². The van der Waals surface area contributed by atoms with Gasteiger partial charge in [0.1, 0.15) is 0 Å². The van der Waals surface area contributed by atoms with Crippen molar-refractivity contribution in [3.63, 3.8) is 0 Å². The fraction of sp³-hybridized carbons (Fsp3) is 0.571. The van der Waals surface area contributed by atoms with Crippen molar-refractivity contribution in [3.8, 4) is 0 Å². The molecular formula is C14H25N3O2S. The van der Waals surface area contributed by atoms with Crippen molar-refractivity contribution in [3.05, 3.63) is 29.8 Å². The van der Waals surface area contributed by atoms with Crippen LogP contribution in [-0.4, -0.2) is 40.0 Å². The second-order valence-corrected chi connectivity index (χ2v) is 7.49. The number of benzene rings is 1. The number of nitrogens with one attached hydrogen (secondary N) is 1. The molecule has 0 radical (unpaired) electrons. The van der Waals surface area contributed by atoms with Gasteiger partial charge in [-0.05, 0) is 37.7 Å². The van der Waals surface area contributed by atoms with Gasteiger partial charge in [-0.2, -0.15) is 0 Å². The Morgan fingerprint density at radius 1 is 1.20 bits per heavy atom. The van der Waals surface area contributed by atoms with Crippen LogP contribution < -0.4 is 10.5 Å². The number of nitrogens with two attached hydrogens (primary N) is 1. The maximum absolute atomic E-state index is 12.2. The highest BCUT2D eigenvalue weighted by Crippen LogP contribution is 2.11. The van der Waals surface area contributed by atoms with E-state index in [1.54, 1.807) is 24.3 Å². The second-order valence-electron chi connectivity index (χ2n) is 5.73. The van der Waals surface area contributed by atoms with Gasteiger partial charge in [-0.25, -0.2) is 13.1 Å². The van der Waals surface area contributed by atoms with E-state index in [-0.39, 0.29) is 17.7 Å². The summed E-state index contributed by atoms with van der Waals surface area (Å²) in [5.41, 5.74) is 6.96. The number of nitrogens with zero attached hydrogens (tertiary/aromatic N) is 1. The molecule has 0 amide bonds. The lowest BCUT2D eigenvalue weighted by molar-refractivity contribution is 0.314. The van der Waals surface area contributed by atoms with Gasteiger partial charge < -0.3 is 10.6 Å². The number of anilines is 1. The van der Waals surface area contributed by atoms with Gasteiger partial charge in [-0.1, -0.05) is 26.0 Å².